The molecule has 0 radical (unpaired) electrons. The van der Waals surface area contributed by atoms with Crippen molar-refractivity contribution < 1.29 is 14.8 Å². The van der Waals surface area contributed by atoms with Gasteiger partial charge >= 0.3 is 11.7 Å². The van der Waals surface area contributed by atoms with Crippen LogP contribution in [0.4, 0.5) is 11.4 Å². The van der Waals surface area contributed by atoms with Gasteiger partial charge in [0.1, 0.15) is 11.3 Å². The van der Waals surface area contributed by atoms with E-state index in [1.807, 2.05) is 0 Å². The number of aromatic carboxylic acids is 1. The first-order valence-corrected chi connectivity index (χ1v) is 3.78. The molecule has 7 heteroatoms. The number of nitrogen functional groups attached to an aromatic ring is 1. The molecule has 1 aromatic rings. The summed E-state index contributed by atoms with van der Waals surface area (Å²) in [7, 11) is 0. The summed E-state index contributed by atoms with van der Waals surface area (Å²) in [6.07, 6.45) is 0. The molecule has 0 heterocycles. The number of benzene rings is 1. The number of hydrogen-bond acceptors (Lipinski definition) is 4. The Bertz CT molecular complexity index is 418. The molecule has 0 fully saturated rings. The monoisotopic (exact) mass is 216 g/mol. The third-order valence-electron chi connectivity index (χ3n) is 1.52. The highest BCUT2D eigenvalue weighted by atomic mass is 35.5. The van der Waals surface area contributed by atoms with Crippen molar-refractivity contribution in [3.63, 3.8) is 0 Å². The van der Waals surface area contributed by atoms with Crippen LogP contribution in [0.1, 0.15) is 10.4 Å². The molecule has 6 nitrogen and oxygen atoms in total. The van der Waals surface area contributed by atoms with E-state index in [-0.39, 0.29) is 10.7 Å². The minimum Gasteiger partial charge on any atom is -0.477 e. The highest BCUT2D eigenvalue weighted by molar-refractivity contribution is 6.31. The van der Waals surface area contributed by atoms with Crippen LogP contribution in [0.25, 0.3) is 0 Å². The smallest absolute Gasteiger partial charge is 0.342 e. The number of carboxylic acid groups (broad SMARTS) is 1. The lowest BCUT2D eigenvalue weighted by molar-refractivity contribution is -0.384. The van der Waals surface area contributed by atoms with Crippen molar-refractivity contribution in [3.05, 3.63) is 32.8 Å². The van der Waals surface area contributed by atoms with Gasteiger partial charge in [-0.2, -0.15) is 0 Å². The summed E-state index contributed by atoms with van der Waals surface area (Å²) >= 11 is 5.50. The minimum absolute atomic E-state index is 0.0468. The molecule has 0 saturated carbocycles. The quantitative estimate of drug-likeness (QED) is 0.443. The van der Waals surface area contributed by atoms with Gasteiger partial charge in [0.25, 0.3) is 0 Å². The van der Waals surface area contributed by atoms with Crippen molar-refractivity contribution in [2.75, 3.05) is 5.73 Å². The molecule has 3 N–H and O–H groups in total. The van der Waals surface area contributed by atoms with Crippen LogP contribution in [0.2, 0.25) is 5.02 Å². The van der Waals surface area contributed by atoms with Gasteiger partial charge in [0, 0.05) is 5.02 Å². The predicted octanol–water partition coefficient (Wildman–Crippen LogP) is 1.53. The maximum absolute atomic E-state index is 10.6. The first kappa shape index (κ1) is 10.3. The summed E-state index contributed by atoms with van der Waals surface area (Å²) in [5.41, 5.74) is 3.86. The number of rotatable bonds is 2. The lowest BCUT2D eigenvalue weighted by Gasteiger charge is -2.01. The van der Waals surface area contributed by atoms with Crippen molar-refractivity contribution in [1.82, 2.24) is 0 Å². The first-order valence-electron chi connectivity index (χ1n) is 3.40. The van der Waals surface area contributed by atoms with E-state index in [1.54, 1.807) is 0 Å². The van der Waals surface area contributed by atoms with E-state index in [2.05, 4.69) is 0 Å². The lowest BCUT2D eigenvalue weighted by atomic mass is 10.1. The van der Waals surface area contributed by atoms with E-state index in [4.69, 9.17) is 22.4 Å². The van der Waals surface area contributed by atoms with Gasteiger partial charge in [-0.15, -0.1) is 0 Å². The van der Waals surface area contributed by atoms with E-state index >= 15 is 0 Å². The molecule has 0 bridgehead atoms. The average molecular weight is 217 g/mol. The second-order valence-electron chi connectivity index (χ2n) is 2.45. The Balaban J connectivity index is 3.52. The van der Waals surface area contributed by atoms with Crippen molar-refractivity contribution >= 4 is 28.9 Å². The summed E-state index contributed by atoms with van der Waals surface area (Å²) in [5.74, 6) is -1.44. The normalized spacial score (nSPS) is 9.79. The van der Waals surface area contributed by atoms with E-state index in [9.17, 15) is 14.9 Å². The Morgan fingerprint density at radius 2 is 2.14 bits per heavy atom. The molecular weight excluding hydrogens is 212 g/mol. The number of carboxylic acids is 1. The summed E-state index contributed by atoms with van der Waals surface area (Å²) in [6, 6.07) is 2.12. The SMILES string of the molecule is Nc1cc(Cl)cc(C(=O)O)c1[N+](=O)[O-]. The number of halogens is 1. The molecule has 0 aliphatic heterocycles. The van der Waals surface area contributed by atoms with Crippen LogP contribution in [-0.4, -0.2) is 16.0 Å². The van der Waals surface area contributed by atoms with Crippen LogP contribution < -0.4 is 5.73 Å². The number of nitro benzene ring substituents is 1. The summed E-state index contributed by atoms with van der Waals surface area (Å²) in [6.45, 7) is 0. The van der Waals surface area contributed by atoms with Gasteiger partial charge < -0.3 is 10.8 Å². The van der Waals surface area contributed by atoms with E-state index in [0.29, 0.717) is 0 Å². The Morgan fingerprint density at radius 1 is 1.57 bits per heavy atom. The van der Waals surface area contributed by atoms with Gasteiger partial charge in [0.15, 0.2) is 0 Å². The second-order valence-corrected chi connectivity index (χ2v) is 2.89. The first-order chi connectivity index (χ1) is 6.43. The van der Waals surface area contributed by atoms with Crippen LogP contribution in [0.3, 0.4) is 0 Å². The minimum atomic E-state index is -1.44. The van der Waals surface area contributed by atoms with Gasteiger partial charge in [-0.1, -0.05) is 11.6 Å². The largest absolute Gasteiger partial charge is 0.477 e. The van der Waals surface area contributed by atoms with E-state index < -0.39 is 22.1 Å². The highest BCUT2D eigenvalue weighted by Gasteiger charge is 2.23. The van der Waals surface area contributed by atoms with Gasteiger partial charge in [0.2, 0.25) is 0 Å². The number of anilines is 1. The number of nitrogens with two attached hydrogens (primary N) is 1. The van der Waals surface area contributed by atoms with E-state index in [0.717, 1.165) is 12.1 Å². The molecule has 1 rings (SSSR count). The second kappa shape index (κ2) is 3.51. The zero-order chi connectivity index (χ0) is 10.9. The number of hydrogen-bond donors (Lipinski definition) is 2. The molecule has 0 aromatic heterocycles. The number of carbonyl (C=O) groups is 1. The van der Waals surface area contributed by atoms with Crippen LogP contribution in [0, 0.1) is 10.1 Å². The average Bonchev–Trinajstić information content (AvgIpc) is 2.01. The maximum atomic E-state index is 10.6. The van der Waals surface area contributed by atoms with Crippen LogP contribution >= 0.6 is 11.6 Å². The molecule has 0 spiro atoms. The highest BCUT2D eigenvalue weighted by Crippen LogP contribution is 2.29. The van der Waals surface area contributed by atoms with Gasteiger partial charge in [-0.05, 0) is 12.1 Å². The fourth-order valence-corrected chi connectivity index (χ4v) is 1.21. The fraction of sp³-hybridized carbons (Fsp3) is 0. The fourth-order valence-electron chi connectivity index (χ4n) is 0.987. The van der Waals surface area contributed by atoms with Crippen molar-refractivity contribution in [3.8, 4) is 0 Å². The lowest BCUT2D eigenvalue weighted by Crippen LogP contribution is -2.05. The molecule has 0 unspecified atom stereocenters. The summed E-state index contributed by atoms with van der Waals surface area (Å²) < 4.78 is 0. The molecule has 1 aromatic carbocycles. The van der Waals surface area contributed by atoms with Gasteiger partial charge in [-0.3, -0.25) is 10.1 Å². The molecule has 0 aliphatic rings. The topological polar surface area (TPSA) is 106 Å². The van der Waals surface area contributed by atoms with Crippen LogP contribution in [-0.2, 0) is 0 Å². The zero-order valence-electron chi connectivity index (χ0n) is 6.73. The number of nitro groups is 1. The molecular formula is C7H5ClN2O4. The van der Waals surface area contributed by atoms with Crippen LogP contribution in [0.5, 0.6) is 0 Å². The number of nitrogens with zero attached hydrogens (tertiary/aromatic N) is 1. The van der Waals surface area contributed by atoms with Crippen molar-refractivity contribution in [2.24, 2.45) is 0 Å². The molecule has 14 heavy (non-hydrogen) atoms. The van der Waals surface area contributed by atoms with Gasteiger partial charge in [0.05, 0.1) is 4.92 Å². The molecule has 0 saturated heterocycles. The predicted molar refractivity (Wildman–Crippen MR) is 49.5 cm³/mol. The Hall–Kier alpha value is -1.82. The standard InChI is InChI=1S/C7H5ClN2O4/c8-3-1-4(7(11)12)6(10(13)14)5(9)2-3/h1-2H,9H2,(H,11,12). The van der Waals surface area contributed by atoms with Crippen molar-refractivity contribution in [1.29, 1.82) is 0 Å². The Labute approximate surface area is 83.0 Å². The third kappa shape index (κ3) is 1.74. The maximum Gasteiger partial charge on any atom is 0.342 e. The van der Waals surface area contributed by atoms with Crippen LogP contribution in [0.15, 0.2) is 12.1 Å². The van der Waals surface area contributed by atoms with Crippen molar-refractivity contribution in [2.45, 2.75) is 0 Å². The van der Waals surface area contributed by atoms with Gasteiger partial charge in [-0.25, -0.2) is 4.79 Å². The Morgan fingerprint density at radius 3 is 2.57 bits per heavy atom. The molecule has 0 amide bonds. The Kier molecular flexibility index (Phi) is 2.57. The summed E-state index contributed by atoms with van der Waals surface area (Å²) in [4.78, 5) is 20.2. The molecule has 74 valence electrons. The zero-order valence-corrected chi connectivity index (χ0v) is 7.49. The molecule has 0 atom stereocenters. The summed E-state index contributed by atoms with van der Waals surface area (Å²) in [5, 5.41) is 19.2. The molecule has 0 aliphatic carbocycles. The third-order valence-corrected chi connectivity index (χ3v) is 1.74. The van der Waals surface area contributed by atoms with E-state index in [1.165, 1.54) is 0 Å².